The predicted molar refractivity (Wildman–Crippen MR) is 123 cm³/mol. The van der Waals surface area contributed by atoms with Gasteiger partial charge in [0, 0.05) is 24.1 Å². The van der Waals surface area contributed by atoms with E-state index >= 15 is 0 Å². The lowest BCUT2D eigenvalue weighted by atomic mass is 9.99. The molecule has 0 saturated heterocycles. The Morgan fingerprint density at radius 2 is 1.88 bits per heavy atom. The van der Waals surface area contributed by atoms with Gasteiger partial charge in [-0.05, 0) is 62.1 Å². The molecule has 33 heavy (non-hydrogen) atoms. The lowest BCUT2D eigenvalue weighted by Crippen LogP contribution is -2.31. The summed E-state index contributed by atoms with van der Waals surface area (Å²) in [5, 5.41) is 3.02. The van der Waals surface area contributed by atoms with Gasteiger partial charge in [0.1, 0.15) is 17.5 Å². The quantitative estimate of drug-likeness (QED) is 0.472. The molecule has 0 bridgehead atoms. The number of rotatable bonds is 4. The largest absolute Gasteiger partial charge is 0.349 e. The molecule has 0 aliphatic heterocycles. The van der Waals surface area contributed by atoms with Crippen molar-refractivity contribution in [3.05, 3.63) is 81.8 Å². The summed E-state index contributed by atoms with van der Waals surface area (Å²) in [4.78, 5) is 37.7. The molecule has 1 amide bonds. The number of aromatic nitrogens is 4. The summed E-state index contributed by atoms with van der Waals surface area (Å²) in [7, 11) is 1.94. The van der Waals surface area contributed by atoms with Gasteiger partial charge in [-0.3, -0.25) is 9.59 Å². The summed E-state index contributed by atoms with van der Waals surface area (Å²) in [6.07, 6.45) is 2.23. The highest BCUT2D eigenvalue weighted by Gasteiger charge is 2.25. The van der Waals surface area contributed by atoms with Crippen LogP contribution in [0.25, 0.3) is 22.4 Å². The third-order valence-corrected chi connectivity index (χ3v) is 6.36. The Hall–Kier alpha value is -3.81. The molecular formula is C25H24FN5O2. The minimum Gasteiger partial charge on any atom is -0.349 e. The van der Waals surface area contributed by atoms with Crippen LogP contribution in [-0.2, 0) is 31.2 Å². The number of imidazole rings is 1. The van der Waals surface area contributed by atoms with Crippen molar-refractivity contribution in [1.82, 2.24) is 24.8 Å². The molecule has 2 N–H and O–H groups in total. The zero-order chi connectivity index (χ0) is 22.9. The number of fused-ring (bicyclic) bond motifs is 2. The monoisotopic (exact) mass is 445 g/mol. The van der Waals surface area contributed by atoms with E-state index in [1.807, 2.05) is 35.9 Å². The number of hydrogen-bond acceptors (Lipinski definition) is 4. The van der Waals surface area contributed by atoms with Gasteiger partial charge in [0.2, 0.25) is 5.91 Å². The number of nitrogens with zero attached hydrogens (tertiary/aromatic N) is 3. The van der Waals surface area contributed by atoms with Crippen molar-refractivity contribution >= 4 is 16.9 Å². The van der Waals surface area contributed by atoms with E-state index in [1.165, 1.54) is 12.1 Å². The van der Waals surface area contributed by atoms with Gasteiger partial charge in [-0.15, -0.1) is 0 Å². The second-order valence-corrected chi connectivity index (χ2v) is 8.41. The molecule has 1 unspecified atom stereocenters. The van der Waals surface area contributed by atoms with Crippen LogP contribution in [-0.4, -0.2) is 25.4 Å². The number of benzene rings is 2. The number of halogens is 1. The molecule has 0 saturated carbocycles. The number of nitrogens with one attached hydrogen (secondary N) is 2. The molecule has 1 aliphatic carbocycles. The van der Waals surface area contributed by atoms with Crippen LogP contribution in [0.2, 0.25) is 0 Å². The molecule has 2 aromatic heterocycles. The number of amides is 1. The van der Waals surface area contributed by atoms with Crippen molar-refractivity contribution in [2.75, 3.05) is 0 Å². The minimum atomic E-state index is -0.344. The van der Waals surface area contributed by atoms with E-state index in [1.54, 1.807) is 12.1 Å². The van der Waals surface area contributed by atoms with E-state index in [0.29, 0.717) is 54.9 Å². The molecule has 168 valence electrons. The summed E-state index contributed by atoms with van der Waals surface area (Å²) in [5.74, 6) is 0.628. The summed E-state index contributed by atoms with van der Waals surface area (Å²) < 4.78 is 15.2. The molecule has 7 nitrogen and oxygen atoms in total. The summed E-state index contributed by atoms with van der Waals surface area (Å²) >= 11 is 0. The zero-order valence-corrected chi connectivity index (χ0v) is 18.3. The maximum atomic E-state index is 13.2. The number of aromatic amines is 1. The lowest BCUT2D eigenvalue weighted by Gasteiger charge is -2.14. The van der Waals surface area contributed by atoms with E-state index in [9.17, 15) is 14.0 Å². The van der Waals surface area contributed by atoms with E-state index < -0.39 is 0 Å². The van der Waals surface area contributed by atoms with Crippen LogP contribution in [0.5, 0.6) is 0 Å². The van der Waals surface area contributed by atoms with Crippen LogP contribution >= 0.6 is 0 Å². The average molecular weight is 445 g/mol. The van der Waals surface area contributed by atoms with E-state index in [-0.39, 0.29) is 23.2 Å². The van der Waals surface area contributed by atoms with Crippen LogP contribution in [0.3, 0.4) is 0 Å². The molecular weight excluding hydrogens is 421 g/mol. The fourth-order valence-corrected chi connectivity index (χ4v) is 4.45. The first-order valence-electron chi connectivity index (χ1n) is 11.1. The highest BCUT2D eigenvalue weighted by atomic mass is 19.1. The van der Waals surface area contributed by atoms with Gasteiger partial charge in [-0.2, -0.15) is 0 Å². The standard InChI is InChI=1S/C25H24FN5O2/c1-31-21-5-3-2-4-20(21)28-22(31)14-27-24(32)16-8-12-18-19(13-9-16)29-23(30-25(18)33)15-6-10-17(26)11-7-15/h2-7,10-11,16H,8-9,12-14H2,1H3,(H,27,32)(H,29,30,33). The van der Waals surface area contributed by atoms with E-state index in [0.717, 1.165) is 16.9 Å². The predicted octanol–water partition coefficient (Wildman–Crippen LogP) is 3.27. The lowest BCUT2D eigenvalue weighted by molar-refractivity contribution is -0.125. The van der Waals surface area contributed by atoms with Crippen molar-refractivity contribution in [3.8, 4) is 11.4 Å². The van der Waals surface area contributed by atoms with Gasteiger partial charge in [-0.1, -0.05) is 12.1 Å². The van der Waals surface area contributed by atoms with E-state index in [2.05, 4.69) is 20.3 Å². The highest BCUT2D eigenvalue weighted by Crippen LogP contribution is 2.24. The Labute approximate surface area is 189 Å². The smallest absolute Gasteiger partial charge is 0.254 e. The fourth-order valence-electron chi connectivity index (χ4n) is 4.45. The number of hydrogen-bond donors (Lipinski definition) is 2. The van der Waals surface area contributed by atoms with Crippen LogP contribution in [0, 0.1) is 11.7 Å². The Kier molecular flexibility index (Phi) is 5.50. The SMILES string of the molecule is Cn1c(CNC(=O)C2CCc3nc(-c4ccc(F)cc4)[nH]c(=O)c3CC2)nc2ccccc21. The van der Waals surface area contributed by atoms with Crippen molar-refractivity contribution in [1.29, 1.82) is 0 Å². The molecule has 4 aromatic rings. The third-order valence-electron chi connectivity index (χ3n) is 6.36. The van der Waals surface area contributed by atoms with Crippen LogP contribution in [0.4, 0.5) is 4.39 Å². The van der Waals surface area contributed by atoms with Gasteiger partial charge in [0.25, 0.3) is 5.56 Å². The molecule has 1 aliphatic rings. The highest BCUT2D eigenvalue weighted by molar-refractivity contribution is 5.79. The van der Waals surface area contributed by atoms with Gasteiger partial charge in [-0.25, -0.2) is 14.4 Å². The number of para-hydroxylation sites is 2. The maximum absolute atomic E-state index is 13.2. The molecule has 2 heterocycles. The first kappa shape index (κ1) is 21.1. The Bertz CT molecular complexity index is 1390. The second kappa shape index (κ2) is 8.61. The van der Waals surface area contributed by atoms with Crippen LogP contribution < -0.4 is 10.9 Å². The summed E-state index contributed by atoms with van der Waals surface area (Å²) in [6.45, 7) is 0.348. The number of aryl methyl sites for hydroxylation is 2. The normalized spacial score (nSPS) is 15.8. The van der Waals surface area contributed by atoms with Gasteiger partial charge >= 0.3 is 0 Å². The van der Waals surface area contributed by atoms with Crippen LogP contribution in [0.1, 0.15) is 29.9 Å². The molecule has 0 spiro atoms. The van der Waals surface area contributed by atoms with Gasteiger partial charge < -0.3 is 14.9 Å². The number of carbonyl (C=O) groups is 1. The topological polar surface area (TPSA) is 92.7 Å². The Morgan fingerprint density at radius 1 is 1.12 bits per heavy atom. The summed E-state index contributed by atoms with van der Waals surface area (Å²) in [6, 6.07) is 13.7. The zero-order valence-electron chi connectivity index (χ0n) is 18.3. The molecule has 1 atom stereocenters. The van der Waals surface area contributed by atoms with Gasteiger partial charge in [0.15, 0.2) is 0 Å². The molecule has 0 radical (unpaired) electrons. The maximum Gasteiger partial charge on any atom is 0.254 e. The van der Waals surface area contributed by atoms with Crippen molar-refractivity contribution in [2.45, 2.75) is 32.2 Å². The van der Waals surface area contributed by atoms with Crippen molar-refractivity contribution < 1.29 is 9.18 Å². The van der Waals surface area contributed by atoms with Crippen molar-refractivity contribution in [2.24, 2.45) is 13.0 Å². The Balaban J connectivity index is 1.28. The molecule has 2 aromatic carbocycles. The first-order chi connectivity index (χ1) is 16.0. The van der Waals surface area contributed by atoms with E-state index in [4.69, 9.17) is 0 Å². The first-order valence-corrected chi connectivity index (χ1v) is 11.1. The number of carbonyl (C=O) groups excluding carboxylic acids is 1. The van der Waals surface area contributed by atoms with Crippen molar-refractivity contribution in [3.63, 3.8) is 0 Å². The fraction of sp³-hybridized carbons (Fsp3) is 0.280. The second-order valence-electron chi connectivity index (χ2n) is 8.41. The third kappa shape index (κ3) is 4.16. The summed E-state index contributed by atoms with van der Waals surface area (Å²) in [5.41, 5.74) is 3.72. The molecule has 5 rings (SSSR count). The number of H-pyrrole nitrogens is 1. The average Bonchev–Trinajstić information content (AvgIpc) is 2.99. The van der Waals surface area contributed by atoms with Crippen LogP contribution in [0.15, 0.2) is 53.3 Å². The Morgan fingerprint density at radius 3 is 2.67 bits per heavy atom. The van der Waals surface area contributed by atoms with Gasteiger partial charge in [0.05, 0.1) is 23.3 Å². The molecule has 0 fully saturated rings. The minimum absolute atomic E-state index is 0.0370. The molecule has 8 heteroatoms.